The fraction of sp³-hybridized carbons (Fsp3) is 0.571. The molecule has 0 atom stereocenters. The Balaban J connectivity index is 2.36. The molecule has 6 heteroatoms. The summed E-state index contributed by atoms with van der Waals surface area (Å²) in [5.74, 6) is -0.354. The van der Waals surface area contributed by atoms with Crippen molar-refractivity contribution in [3.8, 4) is 0 Å². The molecule has 0 amide bonds. The summed E-state index contributed by atoms with van der Waals surface area (Å²) < 4.78 is 41.5. The van der Waals surface area contributed by atoms with E-state index in [-0.39, 0.29) is 16.3 Å². The molecule has 0 aromatic heterocycles. The number of benzene rings is 1. The van der Waals surface area contributed by atoms with Gasteiger partial charge in [-0.05, 0) is 57.9 Å². The van der Waals surface area contributed by atoms with Gasteiger partial charge in [-0.1, -0.05) is 0 Å². The maximum absolute atomic E-state index is 13.9. The van der Waals surface area contributed by atoms with Gasteiger partial charge < -0.3 is 5.32 Å². The van der Waals surface area contributed by atoms with Crippen molar-refractivity contribution in [2.24, 2.45) is 0 Å². The molecule has 4 nitrogen and oxygen atoms in total. The van der Waals surface area contributed by atoms with Crippen molar-refractivity contribution < 1.29 is 12.8 Å². The molecule has 0 aliphatic heterocycles. The standard InChI is InChI=1S/C14H21FN2O2S/c1-10-7-12(8-11(9-16-3)13(10)15)20(18,19)17-14(2)5-4-6-14/h7-8,16-17H,4-6,9H2,1-3H3. The zero-order valence-electron chi connectivity index (χ0n) is 12.1. The summed E-state index contributed by atoms with van der Waals surface area (Å²) in [7, 11) is -1.91. The molecule has 112 valence electrons. The third-order valence-corrected chi connectivity index (χ3v) is 5.44. The summed E-state index contributed by atoms with van der Waals surface area (Å²) in [6.45, 7) is 3.78. The molecule has 1 aromatic carbocycles. The third-order valence-electron chi connectivity index (χ3n) is 3.82. The molecule has 0 radical (unpaired) electrons. The molecular weight excluding hydrogens is 279 g/mol. The van der Waals surface area contributed by atoms with Crippen LogP contribution in [0.5, 0.6) is 0 Å². The van der Waals surface area contributed by atoms with Gasteiger partial charge >= 0.3 is 0 Å². The molecule has 0 bridgehead atoms. The van der Waals surface area contributed by atoms with Crippen molar-refractivity contribution in [3.05, 3.63) is 29.1 Å². The Hall–Kier alpha value is -0.980. The first-order chi connectivity index (χ1) is 9.27. The van der Waals surface area contributed by atoms with Crippen LogP contribution in [0.2, 0.25) is 0 Å². The lowest BCUT2D eigenvalue weighted by Crippen LogP contribution is -2.50. The van der Waals surface area contributed by atoms with Crippen LogP contribution in [-0.2, 0) is 16.6 Å². The average molecular weight is 300 g/mol. The number of sulfonamides is 1. The number of rotatable bonds is 5. The van der Waals surface area contributed by atoms with Crippen molar-refractivity contribution >= 4 is 10.0 Å². The molecular formula is C14H21FN2O2S. The molecule has 0 unspecified atom stereocenters. The minimum Gasteiger partial charge on any atom is -0.316 e. The lowest BCUT2D eigenvalue weighted by molar-refractivity contribution is 0.248. The second-order valence-corrected chi connectivity index (χ2v) is 7.45. The van der Waals surface area contributed by atoms with E-state index in [0.29, 0.717) is 17.7 Å². The van der Waals surface area contributed by atoms with Crippen molar-refractivity contribution in [1.82, 2.24) is 10.0 Å². The molecule has 2 N–H and O–H groups in total. The quantitative estimate of drug-likeness (QED) is 0.875. The first kappa shape index (κ1) is 15.4. The molecule has 2 rings (SSSR count). The van der Waals surface area contributed by atoms with E-state index in [1.807, 2.05) is 6.92 Å². The zero-order chi connectivity index (χ0) is 15.0. The van der Waals surface area contributed by atoms with Gasteiger partial charge in [0.15, 0.2) is 0 Å². The van der Waals surface area contributed by atoms with Crippen LogP contribution in [0.3, 0.4) is 0 Å². The first-order valence-electron chi connectivity index (χ1n) is 6.75. The number of nitrogens with one attached hydrogen (secondary N) is 2. The van der Waals surface area contributed by atoms with E-state index in [1.165, 1.54) is 12.1 Å². The maximum atomic E-state index is 13.9. The highest BCUT2D eigenvalue weighted by atomic mass is 32.2. The largest absolute Gasteiger partial charge is 0.316 e. The Kier molecular flexibility index (Phi) is 4.18. The molecule has 0 heterocycles. The normalized spacial score (nSPS) is 17.8. The fourth-order valence-electron chi connectivity index (χ4n) is 2.47. The SMILES string of the molecule is CNCc1cc(S(=O)(=O)NC2(C)CCC2)cc(C)c1F. The molecule has 1 aliphatic rings. The predicted molar refractivity (Wildman–Crippen MR) is 76.5 cm³/mol. The molecule has 1 aromatic rings. The highest BCUT2D eigenvalue weighted by Crippen LogP contribution is 2.33. The van der Waals surface area contributed by atoms with Gasteiger partial charge in [0.1, 0.15) is 5.82 Å². The van der Waals surface area contributed by atoms with Crippen LogP contribution in [0, 0.1) is 12.7 Å². The van der Waals surface area contributed by atoms with Gasteiger partial charge in [-0.2, -0.15) is 0 Å². The maximum Gasteiger partial charge on any atom is 0.241 e. The van der Waals surface area contributed by atoms with E-state index in [2.05, 4.69) is 10.0 Å². The highest BCUT2D eigenvalue weighted by molar-refractivity contribution is 7.89. The van der Waals surface area contributed by atoms with E-state index in [0.717, 1.165) is 19.3 Å². The van der Waals surface area contributed by atoms with Gasteiger partial charge in [-0.25, -0.2) is 17.5 Å². The summed E-state index contributed by atoms with van der Waals surface area (Å²) in [6, 6.07) is 2.79. The number of halogens is 1. The fourth-order valence-corrected chi connectivity index (χ4v) is 4.07. The van der Waals surface area contributed by atoms with E-state index >= 15 is 0 Å². The van der Waals surface area contributed by atoms with E-state index < -0.39 is 10.0 Å². The van der Waals surface area contributed by atoms with Crippen molar-refractivity contribution in [1.29, 1.82) is 0 Å². The smallest absolute Gasteiger partial charge is 0.241 e. The summed E-state index contributed by atoms with van der Waals surface area (Å²) in [6.07, 6.45) is 2.72. The minimum absolute atomic E-state index is 0.134. The Morgan fingerprint density at radius 1 is 1.35 bits per heavy atom. The summed E-state index contributed by atoms with van der Waals surface area (Å²) in [5.41, 5.74) is 0.355. The number of hydrogen-bond acceptors (Lipinski definition) is 3. The van der Waals surface area contributed by atoms with Crippen molar-refractivity contribution in [2.75, 3.05) is 7.05 Å². The molecule has 1 fully saturated rings. The number of aryl methyl sites for hydroxylation is 1. The van der Waals surface area contributed by atoms with E-state index in [4.69, 9.17) is 0 Å². The lowest BCUT2D eigenvalue weighted by Gasteiger charge is -2.38. The van der Waals surface area contributed by atoms with Crippen LogP contribution in [-0.4, -0.2) is 21.0 Å². The molecule has 20 heavy (non-hydrogen) atoms. The Labute approximate surface area is 119 Å². The van der Waals surface area contributed by atoms with Crippen molar-refractivity contribution in [2.45, 2.75) is 50.1 Å². The Morgan fingerprint density at radius 2 is 2.00 bits per heavy atom. The van der Waals surface area contributed by atoms with Crippen LogP contribution in [0.1, 0.15) is 37.3 Å². The molecule has 0 saturated heterocycles. The molecule has 1 saturated carbocycles. The zero-order valence-corrected chi connectivity index (χ0v) is 12.9. The van der Waals surface area contributed by atoms with Gasteiger partial charge in [0.2, 0.25) is 10.0 Å². The predicted octanol–water partition coefficient (Wildman–Crippen LogP) is 2.07. The van der Waals surface area contributed by atoms with Gasteiger partial charge in [0.25, 0.3) is 0 Å². The first-order valence-corrected chi connectivity index (χ1v) is 8.23. The Morgan fingerprint density at radius 3 is 2.50 bits per heavy atom. The van der Waals surface area contributed by atoms with Gasteiger partial charge in [-0.15, -0.1) is 0 Å². The van der Waals surface area contributed by atoms with Gasteiger partial charge in [-0.3, -0.25) is 0 Å². The van der Waals surface area contributed by atoms with Crippen LogP contribution in [0.15, 0.2) is 17.0 Å². The van der Waals surface area contributed by atoms with E-state index in [1.54, 1.807) is 14.0 Å². The van der Waals surface area contributed by atoms with Crippen LogP contribution >= 0.6 is 0 Å². The third kappa shape index (κ3) is 3.02. The molecule has 1 aliphatic carbocycles. The highest BCUT2D eigenvalue weighted by Gasteiger charge is 2.36. The lowest BCUT2D eigenvalue weighted by atomic mass is 9.80. The summed E-state index contributed by atoms with van der Waals surface area (Å²) in [5, 5.41) is 2.85. The van der Waals surface area contributed by atoms with Crippen molar-refractivity contribution in [3.63, 3.8) is 0 Å². The van der Waals surface area contributed by atoms with Crippen LogP contribution in [0.4, 0.5) is 4.39 Å². The Bertz CT molecular complexity index is 610. The van der Waals surface area contributed by atoms with Gasteiger partial charge in [0, 0.05) is 17.6 Å². The monoisotopic (exact) mass is 300 g/mol. The second-order valence-electron chi connectivity index (χ2n) is 5.76. The van der Waals surface area contributed by atoms with Crippen LogP contribution in [0.25, 0.3) is 0 Å². The topological polar surface area (TPSA) is 58.2 Å². The number of hydrogen-bond donors (Lipinski definition) is 2. The van der Waals surface area contributed by atoms with Crippen LogP contribution < -0.4 is 10.0 Å². The average Bonchev–Trinajstić information content (AvgIpc) is 2.32. The van der Waals surface area contributed by atoms with Gasteiger partial charge in [0.05, 0.1) is 4.90 Å². The van der Waals surface area contributed by atoms with E-state index in [9.17, 15) is 12.8 Å². The second kappa shape index (κ2) is 5.42. The molecule has 0 spiro atoms. The summed E-state index contributed by atoms with van der Waals surface area (Å²) in [4.78, 5) is 0.134. The summed E-state index contributed by atoms with van der Waals surface area (Å²) >= 11 is 0. The minimum atomic E-state index is -3.60.